The lowest BCUT2D eigenvalue weighted by molar-refractivity contribution is 0.102. The first-order valence-electron chi connectivity index (χ1n) is 8.60. The van der Waals surface area contributed by atoms with Crippen molar-refractivity contribution in [1.29, 1.82) is 0 Å². The van der Waals surface area contributed by atoms with E-state index in [0.29, 0.717) is 24.5 Å². The molecule has 0 atom stereocenters. The molecule has 7 heteroatoms. The van der Waals surface area contributed by atoms with E-state index in [-0.39, 0.29) is 11.8 Å². The Morgan fingerprint density at radius 1 is 1.31 bits per heavy atom. The lowest BCUT2D eigenvalue weighted by atomic mass is 10.1. The number of nitrogens with one attached hydrogen (secondary N) is 1. The van der Waals surface area contributed by atoms with Crippen molar-refractivity contribution in [2.45, 2.75) is 33.1 Å². The van der Waals surface area contributed by atoms with E-state index in [4.69, 9.17) is 5.73 Å². The standard InChI is InChI=1S/C19H23N5OS/c1-12(2)15-10-17(24(23-15)14-6-4-13(3)5-7-14)22-19(25)16-11-26-18(21-16)8-9-20/h4-7,10-12H,8-9,20H2,1-3H3,(H,22,25). The number of carbonyl (C=O) groups is 1. The number of thiazole rings is 1. The second-order valence-electron chi connectivity index (χ2n) is 6.48. The van der Waals surface area contributed by atoms with E-state index in [1.807, 2.05) is 37.3 Å². The summed E-state index contributed by atoms with van der Waals surface area (Å²) >= 11 is 1.45. The Labute approximate surface area is 157 Å². The van der Waals surface area contributed by atoms with Gasteiger partial charge in [0.2, 0.25) is 0 Å². The van der Waals surface area contributed by atoms with E-state index >= 15 is 0 Å². The van der Waals surface area contributed by atoms with Gasteiger partial charge in [-0.15, -0.1) is 11.3 Å². The average Bonchev–Trinajstić information content (AvgIpc) is 3.23. The maximum absolute atomic E-state index is 12.6. The van der Waals surface area contributed by atoms with Crippen LogP contribution in [0.15, 0.2) is 35.7 Å². The van der Waals surface area contributed by atoms with Crippen molar-refractivity contribution < 1.29 is 4.79 Å². The van der Waals surface area contributed by atoms with E-state index in [1.54, 1.807) is 10.1 Å². The third-order valence-corrected chi connectivity index (χ3v) is 4.89. The number of nitrogens with two attached hydrogens (primary N) is 1. The van der Waals surface area contributed by atoms with Crippen LogP contribution in [-0.2, 0) is 6.42 Å². The number of hydrogen-bond donors (Lipinski definition) is 2. The quantitative estimate of drug-likeness (QED) is 0.696. The molecule has 26 heavy (non-hydrogen) atoms. The summed E-state index contributed by atoms with van der Waals surface area (Å²) in [4.78, 5) is 17.0. The van der Waals surface area contributed by atoms with Gasteiger partial charge in [0.05, 0.1) is 16.4 Å². The number of carbonyl (C=O) groups excluding carboxylic acids is 1. The SMILES string of the molecule is Cc1ccc(-n2nc(C(C)C)cc2NC(=O)c2csc(CCN)n2)cc1. The molecule has 0 saturated heterocycles. The van der Waals surface area contributed by atoms with Gasteiger partial charge >= 0.3 is 0 Å². The molecule has 0 aliphatic carbocycles. The molecule has 3 aromatic rings. The van der Waals surface area contributed by atoms with Crippen molar-refractivity contribution >= 4 is 23.1 Å². The third-order valence-electron chi connectivity index (χ3n) is 3.98. The molecule has 0 unspecified atom stereocenters. The minimum atomic E-state index is -0.243. The van der Waals surface area contributed by atoms with Gasteiger partial charge in [-0.2, -0.15) is 5.10 Å². The fourth-order valence-corrected chi connectivity index (χ4v) is 3.28. The van der Waals surface area contributed by atoms with E-state index in [1.165, 1.54) is 16.9 Å². The predicted molar refractivity (Wildman–Crippen MR) is 105 cm³/mol. The molecule has 136 valence electrons. The second kappa shape index (κ2) is 7.80. The van der Waals surface area contributed by atoms with E-state index < -0.39 is 0 Å². The first-order valence-corrected chi connectivity index (χ1v) is 9.48. The van der Waals surface area contributed by atoms with Crippen molar-refractivity contribution in [2.75, 3.05) is 11.9 Å². The fraction of sp³-hybridized carbons (Fsp3) is 0.316. The van der Waals surface area contributed by atoms with Crippen molar-refractivity contribution in [3.63, 3.8) is 0 Å². The zero-order chi connectivity index (χ0) is 18.7. The number of aryl methyl sites for hydroxylation is 1. The van der Waals surface area contributed by atoms with Gasteiger partial charge in [-0.05, 0) is 31.5 Å². The molecule has 2 heterocycles. The average molecular weight is 369 g/mol. The van der Waals surface area contributed by atoms with Crippen LogP contribution >= 0.6 is 11.3 Å². The van der Waals surface area contributed by atoms with Gasteiger partial charge in [0, 0.05) is 17.9 Å². The van der Waals surface area contributed by atoms with Crippen LogP contribution in [0.5, 0.6) is 0 Å². The zero-order valence-corrected chi connectivity index (χ0v) is 16.0. The summed E-state index contributed by atoms with van der Waals surface area (Å²) in [6, 6.07) is 9.94. The molecule has 1 amide bonds. The number of nitrogens with zero attached hydrogens (tertiary/aromatic N) is 3. The van der Waals surface area contributed by atoms with Gasteiger partial charge in [0.15, 0.2) is 0 Å². The van der Waals surface area contributed by atoms with Crippen molar-refractivity contribution in [3.05, 3.63) is 57.7 Å². The normalized spacial score (nSPS) is 11.1. The highest BCUT2D eigenvalue weighted by Gasteiger charge is 2.17. The van der Waals surface area contributed by atoms with Crippen LogP contribution in [0.1, 0.15) is 46.5 Å². The topological polar surface area (TPSA) is 85.8 Å². The molecule has 0 aliphatic rings. The lowest BCUT2D eigenvalue weighted by Gasteiger charge is -2.08. The van der Waals surface area contributed by atoms with Gasteiger partial charge in [0.1, 0.15) is 11.5 Å². The summed E-state index contributed by atoms with van der Waals surface area (Å²) in [7, 11) is 0. The molecule has 1 aromatic carbocycles. The Bertz CT molecular complexity index is 895. The minimum absolute atomic E-state index is 0.243. The smallest absolute Gasteiger partial charge is 0.276 e. The highest BCUT2D eigenvalue weighted by molar-refractivity contribution is 7.09. The molecule has 3 rings (SSSR count). The maximum Gasteiger partial charge on any atom is 0.276 e. The summed E-state index contributed by atoms with van der Waals surface area (Å²) in [6.45, 7) is 6.71. The molecule has 2 aromatic heterocycles. The Balaban J connectivity index is 1.90. The van der Waals surface area contributed by atoms with Crippen LogP contribution in [0.3, 0.4) is 0 Å². The second-order valence-corrected chi connectivity index (χ2v) is 7.42. The van der Waals surface area contributed by atoms with Crippen molar-refractivity contribution in [1.82, 2.24) is 14.8 Å². The molecule has 0 fully saturated rings. The molecule has 0 radical (unpaired) electrons. The Hall–Kier alpha value is -2.51. The number of hydrogen-bond acceptors (Lipinski definition) is 5. The summed E-state index contributed by atoms with van der Waals surface area (Å²) in [5.74, 6) is 0.650. The zero-order valence-electron chi connectivity index (χ0n) is 15.2. The maximum atomic E-state index is 12.6. The van der Waals surface area contributed by atoms with Crippen molar-refractivity contribution in [3.8, 4) is 5.69 Å². The first kappa shape index (κ1) is 18.3. The molecular formula is C19H23N5OS. The largest absolute Gasteiger partial charge is 0.330 e. The van der Waals surface area contributed by atoms with Gasteiger partial charge in [-0.1, -0.05) is 31.5 Å². The van der Waals surface area contributed by atoms with E-state index in [0.717, 1.165) is 16.4 Å². The van der Waals surface area contributed by atoms with E-state index in [2.05, 4.69) is 29.2 Å². The summed E-state index contributed by atoms with van der Waals surface area (Å²) in [6.07, 6.45) is 0.677. The van der Waals surface area contributed by atoms with E-state index in [9.17, 15) is 4.79 Å². The highest BCUT2D eigenvalue weighted by Crippen LogP contribution is 2.23. The number of anilines is 1. The Morgan fingerprint density at radius 2 is 2.04 bits per heavy atom. The summed E-state index contributed by atoms with van der Waals surface area (Å²) in [5, 5.41) is 10.2. The molecule has 3 N–H and O–H groups in total. The highest BCUT2D eigenvalue weighted by atomic mass is 32.1. The third kappa shape index (κ3) is 4.00. The van der Waals surface area contributed by atoms with Gasteiger partial charge in [0.25, 0.3) is 5.91 Å². The number of rotatable bonds is 6. The first-order chi connectivity index (χ1) is 12.5. The minimum Gasteiger partial charge on any atom is -0.330 e. The van der Waals surface area contributed by atoms with Crippen LogP contribution < -0.4 is 11.1 Å². The predicted octanol–water partition coefficient (Wildman–Crippen LogP) is 3.51. The van der Waals surface area contributed by atoms with Gasteiger partial charge < -0.3 is 11.1 Å². The Morgan fingerprint density at radius 3 is 2.69 bits per heavy atom. The molecule has 6 nitrogen and oxygen atoms in total. The Kier molecular flexibility index (Phi) is 5.49. The molecule has 0 saturated carbocycles. The van der Waals surface area contributed by atoms with Crippen LogP contribution in [0, 0.1) is 6.92 Å². The van der Waals surface area contributed by atoms with Crippen LogP contribution in [0.4, 0.5) is 5.82 Å². The van der Waals surface area contributed by atoms with Crippen LogP contribution in [0.2, 0.25) is 0 Å². The lowest BCUT2D eigenvalue weighted by Crippen LogP contribution is -2.15. The number of amides is 1. The number of benzene rings is 1. The number of aromatic nitrogens is 3. The molecule has 0 spiro atoms. The van der Waals surface area contributed by atoms with Gasteiger partial charge in [-0.25, -0.2) is 9.67 Å². The summed E-state index contributed by atoms with van der Waals surface area (Å²) in [5.41, 5.74) is 8.95. The molecule has 0 bridgehead atoms. The molecular weight excluding hydrogens is 346 g/mol. The van der Waals surface area contributed by atoms with Crippen LogP contribution in [0.25, 0.3) is 5.69 Å². The van der Waals surface area contributed by atoms with Gasteiger partial charge in [-0.3, -0.25) is 4.79 Å². The van der Waals surface area contributed by atoms with Crippen LogP contribution in [-0.4, -0.2) is 27.2 Å². The summed E-state index contributed by atoms with van der Waals surface area (Å²) < 4.78 is 1.76. The van der Waals surface area contributed by atoms with Crippen molar-refractivity contribution in [2.24, 2.45) is 5.73 Å². The fourth-order valence-electron chi connectivity index (χ4n) is 2.49. The molecule has 0 aliphatic heterocycles. The monoisotopic (exact) mass is 369 g/mol.